The molecule has 1 aromatic heterocycles. The summed E-state index contributed by atoms with van der Waals surface area (Å²) >= 11 is 6.13. The van der Waals surface area contributed by atoms with Crippen LogP contribution in [0.15, 0.2) is 40.8 Å². The standard InChI is InChI=1S/C32H40ClFN4O4/c1-32(2,3)42-29(39)17-23(14-20-18-35-25-12-10-22(34)16-24(20)25)36-30(40)27(13-19-7-5-4-6-8-19)38-31-37-26-11-9-21(33)15-28(26)41-31/h9-12,15-16,19-20,23,27,35H,4-8,13-14,17-18H2,1-3H3,(H,36,40)(H,37,38)/t20?,23-,27-/m0/s1. The van der Waals surface area contributed by atoms with E-state index in [9.17, 15) is 14.0 Å². The zero-order valence-corrected chi connectivity index (χ0v) is 25.2. The first-order chi connectivity index (χ1) is 20.0. The van der Waals surface area contributed by atoms with Crippen LogP contribution in [0.2, 0.25) is 5.02 Å². The Balaban J connectivity index is 1.36. The van der Waals surface area contributed by atoms with Gasteiger partial charge in [-0.05, 0) is 75.4 Å². The first kappa shape index (κ1) is 30.1. The van der Waals surface area contributed by atoms with Crippen LogP contribution < -0.4 is 16.0 Å². The molecule has 0 radical (unpaired) electrons. The number of ether oxygens (including phenoxy) is 1. The van der Waals surface area contributed by atoms with E-state index in [0.29, 0.717) is 41.4 Å². The molecule has 1 fully saturated rings. The summed E-state index contributed by atoms with van der Waals surface area (Å²) in [6, 6.07) is 8.99. The second-order valence-electron chi connectivity index (χ2n) is 12.6. The van der Waals surface area contributed by atoms with Crippen LogP contribution in [0.1, 0.15) is 83.6 Å². The van der Waals surface area contributed by atoms with Crippen LogP contribution in [0.25, 0.3) is 11.1 Å². The van der Waals surface area contributed by atoms with Crippen molar-refractivity contribution in [1.82, 2.24) is 10.3 Å². The number of benzene rings is 2. The van der Waals surface area contributed by atoms with Gasteiger partial charge in [0.2, 0.25) is 5.91 Å². The quantitative estimate of drug-likeness (QED) is 0.212. The molecule has 1 aliphatic heterocycles. The maximum Gasteiger partial charge on any atom is 0.308 e. The van der Waals surface area contributed by atoms with Gasteiger partial charge in [0.15, 0.2) is 5.58 Å². The van der Waals surface area contributed by atoms with Crippen LogP contribution in [0.5, 0.6) is 0 Å². The van der Waals surface area contributed by atoms with Crippen molar-refractivity contribution in [3.63, 3.8) is 0 Å². The van der Waals surface area contributed by atoms with Crippen molar-refractivity contribution < 1.29 is 23.1 Å². The second-order valence-corrected chi connectivity index (χ2v) is 13.0. The van der Waals surface area contributed by atoms with Gasteiger partial charge in [-0.1, -0.05) is 43.7 Å². The molecule has 2 aliphatic rings. The van der Waals surface area contributed by atoms with E-state index in [1.54, 1.807) is 24.3 Å². The number of fused-ring (bicyclic) bond motifs is 2. The zero-order chi connectivity index (χ0) is 29.9. The highest BCUT2D eigenvalue weighted by molar-refractivity contribution is 6.31. The van der Waals surface area contributed by atoms with E-state index in [0.717, 1.165) is 36.9 Å². The Morgan fingerprint density at radius 2 is 1.93 bits per heavy atom. The van der Waals surface area contributed by atoms with Crippen molar-refractivity contribution in [2.24, 2.45) is 5.92 Å². The number of hydrogen-bond acceptors (Lipinski definition) is 7. The van der Waals surface area contributed by atoms with Crippen LogP contribution in [-0.4, -0.2) is 41.1 Å². The minimum Gasteiger partial charge on any atom is -0.460 e. The molecule has 3 atom stereocenters. The van der Waals surface area contributed by atoms with Crippen LogP contribution in [-0.2, 0) is 14.3 Å². The van der Waals surface area contributed by atoms with E-state index in [4.69, 9.17) is 20.8 Å². The van der Waals surface area contributed by atoms with Crippen molar-refractivity contribution in [1.29, 1.82) is 0 Å². The lowest BCUT2D eigenvalue weighted by Gasteiger charge is -2.29. The monoisotopic (exact) mass is 598 g/mol. The third-order valence-corrected chi connectivity index (χ3v) is 8.23. The predicted molar refractivity (Wildman–Crippen MR) is 162 cm³/mol. The zero-order valence-electron chi connectivity index (χ0n) is 24.5. The van der Waals surface area contributed by atoms with Gasteiger partial charge in [-0.2, -0.15) is 4.98 Å². The Hall–Kier alpha value is -3.33. The molecular formula is C32H40ClFN4O4. The first-order valence-electron chi connectivity index (χ1n) is 14.9. The lowest BCUT2D eigenvalue weighted by molar-refractivity contribution is -0.155. The van der Waals surface area contributed by atoms with Crippen molar-refractivity contribution in [3.05, 3.63) is 52.8 Å². The lowest BCUT2D eigenvalue weighted by Crippen LogP contribution is -2.47. The molecule has 1 amide bonds. The van der Waals surface area contributed by atoms with Crippen molar-refractivity contribution in [2.45, 2.75) is 95.7 Å². The summed E-state index contributed by atoms with van der Waals surface area (Å²) in [5.41, 5.74) is 2.24. The first-order valence-corrected chi connectivity index (χ1v) is 15.3. The Labute approximate surface area is 251 Å². The SMILES string of the molecule is CC(C)(C)OC(=O)C[C@H](CC1CNc2ccc(F)cc21)NC(=O)[C@H](CC1CCCCC1)Nc1nc2ccc(Cl)cc2o1. The maximum atomic E-state index is 14.1. The number of esters is 1. The number of aromatic nitrogens is 1. The summed E-state index contributed by atoms with van der Waals surface area (Å²) in [6.45, 7) is 6.04. The van der Waals surface area contributed by atoms with Gasteiger partial charge in [0.05, 0.1) is 6.42 Å². The maximum absolute atomic E-state index is 14.1. The number of nitrogens with one attached hydrogen (secondary N) is 3. The average molecular weight is 599 g/mol. The number of oxazole rings is 1. The molecule has 3 N–H and O–H groups in total. The van der Waals surface area contributed by atoms with Gasteiger partial charge in [0.1, 0.15) is 23.0 Å². The predicted octanol–water partition coefficient (Wildman–Crippen LogP) is 7.19. The molecule has 3 aromatic rings. The summed E-state index contributed by atoms with van der Waals surface area (Å²) in [7, 11) is 0. The summed E-state index contributed by atoms with van der Waals surface area (Å²) < 4.78 is 25.6. The second kappa shape index (κ2) is 12.9. The third kappa shape index (κ3) is 7.94. The molecule has 0 spiro atoms. The summed E-state index contributed by atoms with van der Waals surface area (Å²) in [6.07, 6.45) is 6.69. The molecule has 1 unspecified atom stereocenters. The van der Waals surface area contributed by atoms with Gasteiger partial charge in [0.25, 0.3) is 6.01 Å². The largest absolute Gasteiger partial charge is 0.460 e. The number of carbonyl (C=O) groups excluding carboxylic acids is 2. The minimum absolute atomic E-state index is 0.00168. The smallest absolute Gasteiger partial charge is 0.308 e. The van der Waals surface area contributed by atoms with Gasteiger partial charge >= 0.3 is 5.97 Å². The van der Waals surface area contributed by atoms with E-state index >= 15 is 0 Å². The lowest BCUT2D eigenvalue weighted by atomic mass is 9.84. The van der Waals surface area contributed by atoms with Crippen LogP contribution in [0.4, 0.5) is 16.1 Å². The Morgan fingerprint density at radius 3 is 2.69 bits per heavy atom. The topological polar surface area (TPSA) is 105 Å². The van der Waals surface area contributed by atoms with Crippen LogP contribution in [0.3, 0.4) is 0 Å². The number of anilines is 2. The van der Waals surface area contributed by atoms with Crippen molar-refractivity contribution in [3.8, 4) is 0 Å². The van der Waals surface area contributed by atoms with Gasteiger partial charge in [0, 0.05) is 35.3 Å². The number of hydrogen-bond donors (Lipinski definition) is 3. The molecule has 226 valence electrons. The van der Waals surface area contributed by atoms with Crippen LogP contribution in [0, 0.1) is 11.7 Å². The number of amides is 1. The molecule has 2 heterocycles. The molecule has 10 heteroatoms. The Morgan fingerprint density at radius 1 is 1.14 bits per heavy atom. The highest BCUT2D eigenvalue weighted by atomic mass is 35.5. The minimum atomic E-state index is -0.656. The number of rotatable bonds is 10. The number of carbonyl (C=O) groups is 2. The molecular weight excluding hydrogens is 559 g/mol. The van der Waals surface area contributed by atoms with E-state index in [1.807, 2.05) is 20.8 Å². The van der Waals surface area contributed by atoms with Gasteiger partial charge in [-0.3, -0.25) is 9.59 Å². The molecule has 0 saturated heterocycles. The molecule has 42 heavy (non-hydrogen) atoms. The van der Waals surface area contributed by atoms with Crippen molar-refractivity contribution in [2.75, 3.05) is 17.2 Å². The van der Waals surface area contributed by atoms with Crippen molar-refractivity contribution >= 4 is 46.3 Å². The molecule has 5 rings (SSSR count). The summed E-state index contributed by atoms with van der Waals surface area (Å²) in [5.74, 6) is -0.633. The van der Waals surface area contributed by atoms with E-state index < -0.39 is 23.7 Å². The molecule has 2 aromatic carbocycles. The van der Waals surface area contributed by atoms with E-state index in [2.05, 4.69) is 20.9 Å². The highest BCUT2D eigenvalue weighted by Gasteiger charge is 2.32. The Bertz CT molecular complexity index is 1420. The number of nitrogens with zero attached hydrogens (tertiary/aromatic N) is 1. The fraction of sp³-hybridized carbons (Fsp3) is 0.531. The molecule has 1 saturated carbocycles. The van der Waals surface area contributed by atoms with Gasteiger partial charge < -0.3 is 25.1 Å². The normalized spacial score (nSPS) is 18.6. The molecule has 1 aliphatic carbocycles. The van der Waals surface area contributed by atoms with Crippen LogP contribution >= 0.6 is 11.6 Å². The fourth-order valence-electron chi connectivity index (χ4n) is 6.11. The number of halogens is 2. The molecule has 0 bridgehead atoms. The van der Waals surface area contributed by atoms with E-state index in [1.165, 1.54) is 18.6 Å². The highest BCUT2D eigenvalue weighted by Crippen LogP contribution is 2.36. The Kier molecular flexibility index (Phi) is 9.25. The molecule has 8 nitrogen and oxygen atoms in total. The average Bonchev–Trinajstić information content (AvgIpc) is 3.50. The van der Waals surface area contributed by atoms with E-state index in [-0.39, 0.29) is 30.1 Å². The van der Waals surface area contributed by atoms with Gasteiger partial charge in [-0.15, -0.1) is 0 Å². The summed E-state index contributed by atoms with van der Waals surface area (Å²) in [5, 5.41) is 10.2. The third-order valence-electron chi connectivity index (χ3n) is 8.00. The van der Waals surface area contributed by atoms with Gasteiger partial charge in [-0.25, -0.2) is 4.39 Å². The summed E-state index contributed by atoms with van der Waals surface area (Å²) in [4.78, 5) is 31.4. The fourth-order valence-corrected chi connectivity index (χ4v) is 6.27.